The van der Waals surface area contributed by atoms with Gasteiger partial charge in [-0.1, -0.05) is 28.1 Å². The van der Waals surface area contributed by atoms with E-state index in [2.05, 4.69) is 45.1 Å². The minimum atomic E-state index is 0.757. The van der Waals surface area contributed by atoms with E-state index in [4.69, 9.17) is 5.73 Å². The number of rotatable bonds is 5. The van der Waals surface area contributed by atoms with Crippen LogP contribution < -0.4 is 5.73 Å². The second kappa shape index (κ2) is 5.10. The quantitative estimate of drug-likeness (QED) is 0.889. The first-order valence-corrected chi connectivity index (χ1v) is 6.27. The van der Waals surface area contributed by atoms with Gasteiger partial charge in [0, 0.05) is 30.1 Å². The Kier molecular flexibility index (Phi) is 3.78. The van der Waals surface area contributed by atoms with Gasteiger partial charge in [-0.2, -0.15) is 0 Å². The van der Waals surface area contributed by atoms with Crippen LogP contribution in [-0.4, -0.2) is 24.0 Å². The van der Waals surface area contributed by atoms with Crippen molar-refractivity contribution in [3.63, 3.8) is 0 Å². The number of nitrogens with two attached hydrogens (primary N) is 1. The standard InChI is InChI=1S/C12H17BrN2/c13-11-3-1-10(2-4-11)9-15(8-7-14)12-5-6-12/h1-4,12H,5-9,14H2. The molecule has 15 heavy (non-hydrogen) atoms. The molecule has 2 nitrogen and oxygen atoms in total. The first kappa shape index (κ1) is 11.1. The Hall–Kier alpha value is -0.380. The number of benzene rings is 1. The largest absolute Gasteiger partial charge is 0.329 e. The molecule has 2 N–H and O–H groups in total. The van der Waals surface area contributed by atoms with Gasteiger partial charge in [0.2, 0.25) is 0 Å². The summed E-state index contributed by atoms with van der Waals surface area (Å²) in [5.74, 6) is 0. The molecule has 2 rings (SSSR count). The van der Waals surface area contributed by atoms with Gasteiger partial charge in [-0.3, -0.25) is 4.90 Å². The van der Waals surface area contributed by atoms with E-state index in [1.807, 2.05) is 0 Å². The molecule has 3 heteroatoms. The summed E-state index contributed by atoms with van der Waals surface area (Å²) in [5.41, 5.74) is 7.00. The summed E-state index contributed by atoms with van der Waals surface area (Å²) in [7, 11) is 0. The highest BCUT2D eigenvalue weighted by Crippen LogP contribution is 2.28. The van der Waals surface area contributed by atoms with Crippen LogP contribution in [0.15, 0.2) is 28.7 Å². The van der Waals surface area contributed by atoms with Crippen LogP contribution in [0.25, 0.3) is 0 Å². The van der Waals surface area contributed by atoms with Crippen molar-refractivity contribution in [1.29, 1.82) is 0 Å². The van der Waals surface area contributed by atoms with E-state index in [0.29, 0.717) is 0 Å². The molecule has 0 spiro atoms. The molecule has 0 heterocycles. The Morgan fingerprint density at radius 2 is 1.93 bits per heavy atom. The maximum atomic E-state index is 5.62. The van der Waals surface area contributed by atoms with Crippen LogP contribution in [-0.2, 0) is 6.54 Å². The molecule has 1 aromatic carbocycles. The lowest BCUT2D eigenvalue weighted by molar-refractivity contribution is 0.262. The van der Waals surface area contributed by atoms with Crippen LogP contribution in [0.4, 0.5) is 0 Å². The normalized spacial score (nSPS) is 15.9. The van der Waals surface area contributed by atoms with Gasteiger partial charge in [0.05, 0.1) is 0 Å². The minimum absolute atomic E-state index is 0.757. The van der Waals surface area contributed by atoms with Crippen molar-refractivity contribution in [3.8, 4) is 0 Å². The topological polar surface area (TPSA) is 29.3 Å². The van der Waals surface area contributed by atoms with Crippen LogP contribution in [0.5, 0.6) is 0 Å². The highest BCUT2D eigenvalue weighted by atomic mass is 79.9. The van der Waals surface area contributed by atoms with Gasteiger partial charge in [0.1, 0.15) is 0 Å². The third-order valence-corrected chi connectivity index (χ3v) is 3.31. The molecular formula is C12H17BrN2. The molecule has 1 fully saturated rings. The first-order valence-electron chi connectivity index (χ1n) is 5.48. The van der Waals surface area contributed by atoms with E-state index in [1.54, 1.807) is 0 Å². The van der Waals surface area contributed by atoms with Crippen molar-refractivity contribution in [2.45, 2.75) is 25.4 Å². The zero-order valence-electron chi connectivity index (χ0n) is 8.82. The van der Waals surface area contributed by atoms with Crippen LogP contribution >= 0.6 is 15.9 Å². The third-order valence-electron chi connectivity index (χ3n) is 2.78. The molecule has 82 valence electrons. The molecule has 0 atom stereocenters. The predicted octanol–water partition coefficient (Wildman–Crippen LogP) is 2.37. The van der Waals surface area contributed by atoms with E-state index in [0.717, 1.165) is 30.1 Å². The van der Waals surface area contributed by atoms with E-state index in [1.165, 1.54) is 18.4 Å². The summed E-state index contributed by atoms with van der Waals surface area (Å²) in [6.07, 6.45) is 2.69. The van der Waals surface area contributed by atoms with Gasteiger partial charge < -0.3 is 5.73 Å². The SMILES string of the molecule is NCCN(Cc1ccc(Br)cc1)C1CC1. The molecule has 0 aliphatic heterocycles. The zero-order valence-corrected chi connectivity index (χ0v) is 10.4. The molecule has 0 radical (unpaired) electrons. The van der Waals surface area contributed by atoms with E-state index < -0.39 is 0 Å². The molecule has 0 bridgehead atoms. The first-order chi connectivity index (χ1) is 7.29. The molecule has 0 unspecified atom stereocenters. The van der Waals surface area contributed by atoms with Crippen molar-refractivity contribution in [3.05, 3.63) is 34.3 Å². The fraction of sp³-hybridized carbons (Fsp3) is 0.500. The second-order valence-corrected chi connectivity index (χ2v) is 5.03. The van der Waals surface area contributed by atoms with Gasteiger partial charge in [0.15, 0.2) is 0 Å². The molecule has 0 amide bonds. The lowest BCUT2D eigenvalue weighted by atomic mass is 10.2. The fourth-order valence-electron chi connectivity index (χ4n) is 1.82. The maximum Gasteiger partial charge on any atom is 0.0237 e. The average molecular weight is 269 g/mol. The van der Waals surface area contributed by atoms with Gasteiger partial charge >= 0.3 is 0 Å². The lowest BCUT2D eigenvalue weighted by Gasteiger charge is -2.21. The Labute approximate surface area is 99.6 Å². The van der Waals surface area contributed by atoms with Crippen molar-refractivity contribution in [2.24, 2.45) is 5.73 Å². The van der Waals surface area contributed by atoms with Gasteiger partial charge in [-0.05, 0) is 30.5 Å². The van der Waals surface area contributed by atoms with Crippen LogP contribution in [0, 0.1) is 0 Å². The summed E-state index contributed by atoms with van der Waals surface area (Å²) in [5, 5.41) is 0. The van der Waals surface area contributed by atoms with Crippen molar-refractivity contribution in [1.82, 2.24) is 4.90 Å². The summed E-state index contributed by atoms with van der Waals surface area (Å²) in [6, 6.07) is 9.34. The Bertz CT molecular complexity index is 306. The maximum absolute atomic E-state index is 5.62. The van der Waals surface area contributed by atoms with Crippen LogP contribution in [0.1, 0.15) is 18.4 Å². The fourth-order valence-corrected chi connectivity index (χ4v) is 2.08. The molecule has 0 aromatic heterocycles. The summed E-state index contributed by atoms with van der Waals surface area (Å²) in [4.78, 5) is 2.49. The summed E-state index contributed by atoms with van der Waals surface area (Å²) < 4.78 is 1.14. The molecule has 1 saturated carbocycles. The highest BCUT2D eigenvalue weighted by Gasteiger charge is 2.28. The zero-order chi connectivity index (χ0) is 10.7. The molecule has 0 saturated heterocycles. The minimum Gasteiger partial charge on any atom is -0.329 e. The van der Waals surface area contributed by atoms with Gasteiger partial charge in [-0.15, -0.1) is 0 Å². The molecule has 1 aliphatic carbocycles. The average Bonchev–Trinajstić information content (AvgIpc) is 3.04. The number of halogens is 1. The second-order valence-electron chi connectivity index (χ2n) is 4.12. The van der Waals surface area contributed by atoms with Crippen molar-refractivity contribution in [2.75, 3.05) is 13.1 Å². The smallest absolute Gasteiger partial charge is 0.0237 e. The monoisotopic (exact) mass is 268 g/mol. The van der Waals surface area contributed by atoms with Crippen molar-refractivity contribution < 1.29 is 0 Å². The van der Waals surface area contributed by atoms with E-state index in [9.17, 15) is 0 Å². The Morgan fingerprint density at radius 1 is 1.27 bits per heavy atom. The Morgan fingerprint density at radius 3 is 2.47 bits per heavy atom. The third kappa shape index (κ3) is 3.30. The van der Waals surface area contributed by atoms with Crippen LogP contribution in [0.2, 0.25) is 0 Å². The van der Waals surface area contributed by atoms with Crippen LogP contribution in [0.3, 0.4) is 0 Å². The molecule has 1 aromatic rings. The van der Waals surface area contributed by atoms with E-state index in [-0.39, 0.29) is 0 Å². The Balaban J connectivity index is 1.95. The molecular weight excluding hydrogens is 252 g/mol. The molecule has 1 aliphatic rings. The summed E-state index contributed by atoms with van der Waals surface area (Å²) >= 11 is 3.45. The van der Waals surface area contributed by atoms with Gasteiger partial charge in [-0.25, -0.2) is 0 Å². The lowest BCUT2D eigenvalue weighted by Crippen LogP contribution is -2.30. The summed E-state index contributed by atoms with van der Waals surface area (Å²) in [6.45, 7) is 2.81. The predicted molar refractivity (Wildman–Crippen MR) is 66.6 cm³/mol. The van der Waals surface area contributed by atoms with Crippen molar-refractivity contribution >= 4 is 15.9 Å². The number of hydrogen-bond donors (Lipinski definition) is 1. The number of hydrogen-bond acceptors (Lipinski definition) is 2. The van der Waals surface area contributed by atoms with E-state index >= 15 is 0 Å². The number of nitrogens with zero attached hydrogens (tertiary/aromatic N) is 1. The van der Waals surface area contributed by atoms with Gasteiger partial charge in [0.25, 0.3) is 0 Å². The highest BCUT2D eigenvalue weighted by molar-refractivity contribution is 9.10.